The summed E-state index contributed by atoms with van der Waals surface area (Å²) in [5, 5.41) is 46.1. The fourth-order valence-corrected chi connectivity index (χ4v) is 8.03. The Hall–Kier alpha value is -7.01. The Labute approximate surface area is 342 Å². The first-order chi connectivity index (χ1) is 28.2. The minimum atomic E-state index is -0.601. The number of amides is 4. The van der Waals surface area contributed by atoms with Crippen LogP contribution >= 0.6 is 11.8 Å². The number of piperazine rings is 2. The Morgan fingerprint density at radius 2 is 0.864 bits per heavy atom. The molecule has 2 heterocycles. The van der Waals surface area contributed by atoms with Crippen LogP contribution in [0.3, 0.4) is 0 Å². The van der Waals surface area contributed by atoms with Crippen LogP contribution < -0.4 is 0 Å². The summed E-state index contributed by atoms with van der Waals surface area (Å²) in [6, 6.07) is 17.5. The van der Waals surface area contributed by atoms with Gasteiger partial charge in [-0.15, -0.1) is 0 Å². The second kappa shape index (κ2) is 18.1. The maximum absolute atomic E-state index is 13.2. The molecule has 0 unspecified atom stereocenters. The molecule has 59 heavy (non-hydrogen) atoms. The van der Waals surface area contributed by atoms with Crippen LogP contribution in [0.15, 0.2) is 94.7 Å². The molecule has 17 heteroatoms. The normalized spacial score (nSPS) is 14.5. The van der Waals surface area contributed by atoms with Crippen molar-refractivity contribution >= 4 is 58.9 Å². The number of nitrogens with zero attached hydrogens (tertiary/aromatic N) is 6. The van der Waals surface area contributed by atoms with Crippen molar-refractivity contribution in [1.29, 1.82) is 0 Å². The summed E-state index contributed by atoms with van der Waals surface area (Å²) in [7, 11) is 0. The molecule has 2 N–H and O–H groups in total. The van der Waals surface area contributed by atoms with Gasteiger partial charge in [-0.2, -0.15) is 0 Å². The molecule has 4 aromatic rings. The number of hydrogen-bond acceptors (Lipinski definition) is 11. The molecule has 0 aliphatic carbocycles. The summed E-state index contributed by atoms with van der Waals surface area (Å²) >= 11 is 0.793. The van der Waals surface area contributed by atoms with Gasteiger partial charge in [-0.05, 0) is 70.8 Å². The average molecular weight is 821 g/mol. The van der Waals surface area contributed by atoms with Gasteiger partial charge in [0.05, 0.1) is 30.8 Å². The molecule has 0 atom stereocenters. The third-order valence-electron chi connectivity index (χ3n) is 10.1. The molecule has 0 saturated carbocycles. The van der Waals surface area contributed by atoms with E-state index in [0.29, 0.717) is 74.6 Å². The van der Waals surface area contributed by atoms with Gasteiger partial charge in [0.25, 0.3) is 11.4 Å². The number of phenolic OH excluding ortho intramolecular Hbond substituents is 2. The van der Waals surface area contributed by atoms with Gasteiger partial charge in [-0.1, -0.05) is 48.2 Å². The molecule has 2 saturated heterocycles. The summed E-state index contributed by atoms with van der Waals surface area (Å²) < 4.78 is 0. The van der Waals surface area contributed by atoms with Crippen LogP contribution in [0.1, 0.15) is 25.0 Å². The molecule has 4 aromatic carbocycles. The van der Waals surface area contributed by atoms with E-state index in [9.17, 15) is 49.6 Å². The third kappa shape index (κ3) is 9.59. The lowest BCUT2D eigenvalue weighted by Crippen LogP contribution is -2.49. The highest BCUT2D eigenvalue weighted by molar-refractivity contribution is 7.99. The number of hydrogen-bond donors (Lipinski definition) is 2. The quantitative estimate of drug-likeness (QED) is 0.111. The van der Waals surface area contributed by atoms with Gasteiger partial charge in [0.1, 0.15) is 11.5 Å². The Morgan fingerprint density at radius 3 is 1.17 bits per heavy atom. The summed E-state index contributed by atoms with van der Waals surface area (Å²) in [4.78, 5) is 81.3. The monoisotopic (exact) mass is 820 g/mol. The molecule has 2 aliphatic rings. The van der Waals surface area contributed by atoms with E-state index < -0.39 is 21.2 Å². The largest absolute Gasteiger partial charge is 0.508 e. The smallest absolute Gasteiger partial charge is 0.291 e. The van der Waals surface area contributed by atoms with E-state index in [1.165, 1.54) is 98.8 Å². The Morgan fingerprint density at radius 1 is 0.542 bits per heavy atom. The number of nitro groups is 2. The molecule has 304 valence electrons. The minimum absolute atomic E-state index is 0.0461. The minimum Gasteiger partial charge on any atom is -0.508 e. The first-order valence-corrected chi connectivity index (χ1v) is 19.4. The fraction of sp³-hybridized carbons (Fsp3) is 0.238. The molecule has 4 amide bonds. The van der Waals surface area contributed by atoms with Crippen LogP contribution in [0.5, 0.6) is 11.5 Å². The Kier molecular flexibility index (Phi) is 12.7. The summed E-state index contributed by atoms with van der Waals surface area (Å²) in [5.74, 6) is -1.04. The number of aromatic hydroxyl groups is 2. The van der Waals surface area contributed by atoms with E-state index in [4.69, 9.17) is 0 Å². The fourth-order valence-electron chi connectivity index (χ4n) is 6.98. The number of carbonyl (C=O) groups is 4. The van der Waals surface area contributed by atoms with Crippen LogP contribution in [0.25, 0.3) is 34.4 Å². The van der Waals surface area contributed by atoms with E-state index >= 15 is 0 Å². The lowest BCUT2D eigenvalue weighted by atomic mass is 9.97. The first-order valence-electron chi connectivity index (χ1n) is 18.6. The van der Waals surface area contributed by atoms with E-state index in [1.54, 1.807) is 31.7 Å². The van der Waals surface area contributed by atoms with Crippen LogP contribution in [-0.2, 0) is 19.2 Å². The highest BCUT2D eigenvalue weighted by Crippen LogP contribution is 2.48. The van der Waals surface area contributed by atoms with E-state index in [-0.39, 0.29) is 56.0 Å². The predicted octanol–water partition coefficient (Wildman–Crippen LogP) is 5.81. The van der Waals surface area contributed by atoms with Gasteiger partial charge in [-0.25, -0.2) is 0 Å². The van der Waals surface area contributed by atoms with Gasteiger partial charge < -0.3 is 29.8 Å². The van der Waals surface area contributed by atoms with Crippen LogP contribution in [0.2, 0.25) is 0 Å². The van der Waals surface area contributed by atoms with Gasteiger partial charge in [0, 0.05) is 78.4 Å². The zero-order valence-electron chi connectivity index (χ0n) is 32.1. The summed E-state index contributed by atoms with van der Waals surface area (Å²) in [6.45, 7) is 5.70. The summed E-state index contributed by atoms with van der Waals surface area (Å²) in [6.07, 6.45) is 5.52. The van der Waals surface area contributed by atoms with Crippen molar-refractivity contribution in [1.82, 2.24) is 19.6 Å². The van der Waals surface area contributed by atoms with E-state index in [1.807, 2.05) is 0 Å². The highest BCUT2D eigenvalue weighted by Gasteiger charge is 2.30. The molecule has 0 aromatic heterocycles. The molecule has 16 nitrogen and oxygen atoms in total. The lowest BCUT2D eigenvalue weighted by molar-refractivity contribution is -0.387. The van der Waals surface area contributed by atoms with Gasteiger partial charge >= 0.3 is 0 Å². The second-order valence-corrected chi connectivity index (χ2v) is 14.9. The van der Waals surface area contributed by atoms with Crippen molar-refractivity contribution in [3.05, 3.63) is 116 Å². The molecule has 0 bridgehead atoms. The first kappa shape index (κ1) is 41.6. The van der Waals surface area contributed by atoms with Gasteiger partial charge in [0.2, 0.25) is 23.6 Å². The lowest BCUT2D eigenvalue weighted by Gasteiger charge is -2.33. The molecular formula is C42H40N6O10S. The van der Waals surface area contributed by atoms with Crippen molar-refractivity contribution in [2.75, 3.05) is 52.4 Å². The van der Waals surface area contributed by atoms with Crippen LogP contribution in [0, 0.1) is 20.2 Å². The third-order valence-corrected chi connectivity index (χ3v) is 11.2. The average Bonchev–Trinajstić information content (AvgIpc) is 3.22. The van der Waals surface area contributed by atoms with Gasteiger partial charge in [-0.3, -0.25) is 39.4 Å². The standard InChI is InChI=1S/C42H40N6O10S/c1-27(49)43-19-23-45(24-20-43)37(53)17-9-31-7-15-35(41(47(55)56)39(31)29-3-11-33(51)12-4-29)59-36-16-8-32(10-18-38(54)46-25-21-44(22-26-46)28(2)50)40(42(36)48(57)58)30-5-13-34(52)14-6-30/h3-18,51-52H,19-26H2,1-2H3/b17-9+,18-10+. The summed E-state index contributed by atoms with van der Waals surface area (Å²) in [5.41, 5.74) is 0.695. The molecule has 6 rings (SSSR count). The van der Waals surface area contributed by atoms with Crippen molar-refractivity contribution in [2.45, 2.75) is 23.6 Å². The van der Waals surface area contributed by atoms with Crippen molar-refractivity contribution in [3.63, 3.8) is 0 Å². The Balaban J connectivity index is 1.41. The predicted molar refractivity (Wildman–Crippen MR) is 220 cm³/mol. The van der Waals surface area contributed by atoms with Crippen LogP contribution in [0.4, 0.5) is 11.4 Å². The Bertz CT molecular complexity index is 2200. The molecular weight excluding hydrogens is 781 g/mol. The second-order valence-electron chi connectivity index (χ2n) is 13.8. The number of nitro benzene ring substituents is 2. The van der Waals surface area contributed by atoms with Crippen molar-refractivity contribution in [3.8, 4) is 33.8 Å². The molecule has 0 radical (unpaired) electrons. The van der Waals surface area contributed by atoms with Crippen LogP contribution in [-0.4, -0.2) is 116 Å². The molecule has 0 spiro atoms. The number of carbonyl (C=O) groups excluding carboxylic acids is 4. The van der Waals surface area contributed by atoms with E-state index in [2.05, 4.69) is 0 Å². The van der Waals surface area contributed by atoms with Crippen molar-refractivity contribution < 1.29 is 39.2 Å². The van der Waals surface area contributed by atoms with E-state index in [0.717, 1.165) is 11.8 Å². The zero-order valence-corrected chi connectivity index (χ0v) is 33.0. The maximum atomic E-state index is 13.2. The topological polar surface area (TPSA) is 208 Å². The number of benzene rings is 4. The number of rotatable bonds is 10. The highest BCUT2D eigenvalue weighted by atomic mass is 32.2. The number of phenols is 2. The SMILES string of the molecule is CC(=O)N1CCN(C(=O)/C=C/c2ccc(Sc3ccc(/C=C/C(=O)N4CCN(C(C)=O)CC4)c(-c4ccc(O)cc4)c3[N+](=O)[O-])c([N+](=O)[O-])c2-c2ccc(O)cc2)CC1. The molecule has 2 fully saturated rings. The van der Waals surface area contributed by atoms with Gasteiger partial charge in [0.15, 0.2) is 0 Å². The molecule has 2 aliphatic heterocycles. The maximum Gasteiger partial charge on any atom is 0.291 e. The van der Waals surface area contributed by atoms with Crippen molar-refractivity contribution in [2.24, 2.45) is 0 Å². The zero-order chi connectivity index (χ0) is 42.4.